The van der Waals surface area contributed by atoms with Gasteiger partial charge in [-0.1, -0.05) is 30.7 Å². The van der Waals surface area contributed by atoms with Crippen molar-refractivity contribution < 1.29 is 4.79 Å². The Balaban J connectivity index is 1.49. The maximum atomic E-state index is 12.2. The molecule has 2 N–H and O–H groups in total. The van der Waals surface area contributed by atoms with E-state index < -0.39 is 0 Å². The lowest BCUT2D eigenvalue weighted by atomic mass is 9.97. The molecule has 1 amide bonds. The molecule has 2 aromatic rings. The van der Waals surface area contributed by atoms with E-state index in [-0.39, 0.29) is 5.91 Å². The quantitative estimate of drug-likeness (QED) is 0.726. The minimum Gasteiger partial charge on any atom is -0.352 e. The first-order valence-corrected chi connectivity index (χ1v) is 9.38. The summed E-state index contributed by atoms with van der Waals surface area (Å²) in [6, 6.07) is 8.16. The smallest absolute Gasteiger partial charge is 0.254 e. The van der Waals surface area contributed by atoms with Crippen molar-refractivity contribution in [2.45, 2.75) is 45.4 Å². The number of allylic oxidation sites excluding steroid dienone is 1. The number of hydrogen-bond donors (Lipinski definition) is 2. The molecule has 136 valence electrons. The molecule has 0 saturated heterocycles. The molecule has 1 aliphatic rings. The molecule has 1 heterocycles. The van der Waals surface area contributed by atoms with Gasteiger partial charge in [-0.15, -0.1) is 0 Å². The van der Waals surface area contributed by atoms with Crippen LogP contribution in [0.15, 0.2) is 48.3 Å². The highest BCUT2D eigenvalue weighted by Gasteiger charge is 2.08. The first kappa shape index (κ1) is 18.1. The van der Waals surface area contributed by atoms with Gasteiger partial charge in [-0.2, -0.15) is 0 Å². The van der Waals surface area contributed by atoms with E-state index in [2.05, 4.69) is 45.7 Å². The number of anilines is 2. The molecule has 1 aromatic heterocycles. The van der Waals surface area contributed by atoms with Gasteiger partial charge in [0.1, 0.15) is 0 Å². The SMILES string of the molecule is CCc1ccc(Nc2ncc(C(=O)NCCC3=CCCCC3)cn2)cc1. The molecule has 0 bridgehead atoms. The normalized spacial score (nSPS) is 13.8. The lowest BCUT2D eigenvalue weighted by Gasteiger charge is -2.13. The largest absolute Gasteiger partial charge is 0.352 e. The van der Waals surface area contributed by atoms with Crippen molar-refractivity contribution in [2.24, 2.45) is 0 Å². The number of hydrogen-bond acceptors (Lipinski definition) is 4. The molecule has 0 spiro atoms. The van der Waals surface area contributed by atoms with Crippen LogP contribution in [-0.4, -0.2) is 22.4 Å². The van der Waals surface area contributed by atoms with Crippen LogP contribution in [-0.2, 0) is 6.42 Å². The van der Waals surface area contributed by atoms with Gasteiger partial charge in [-0.25, -0.2) is 9.97 Å². The maximum absolute atomic E-state index is 12.2. The molecule has 5 heteroatoms. The van der Waals surface area contributed by atoms with E-state index in [0.717, 1.165) is 18.5 Å². The van der Waals surface area contributed by atoms with E-state index in [4.69, 9.17) is 0 Å². The highest BCUT2D eigenvalue weighted by molar-refractivity contribution is 5.93. The van der Waals surface area contributed by atoms with Crippen LogP contribution in [0, 0.1) is 0 Å². The second kappa shape index (κ2) is 9.13. The first-order chi connectivity index (χ1) is 12.7. The Labute approximate surface area is 155 Å². The Bertz CT molecular complexity index is 751. The number of nitrogens with zero attached hydrogens (tertiary/aromatic N) is 2. The average Bonchev–Trinajstić information content (AvgIpc) is 2.70. The van der Waals surface area contributed by atoms with Crippen LogP contribution in [0.4, 0.5) is 11.6 Å². The van der Waals surface area contributed by atoms with Crippen molar-refractivity contribution in [2.75, 3.05) is 11.9 Å². The number of aromatic nitrogens is 2. The van der Waals surface area contributed by atoms with Crippen molar-refractivity contribution in [3.05, 3.63) is 59.4 Å². The van der Waals surface area contributed by atoms with Crippen molar-refractivity contribution in [1.29, 1.82) is 0 Å². The predicted molar refractivity (Wildman–Crippen MR) is 105 cm³/mol. The Morgan fingerprint density at radius 1 is 1.12 bits per heavy atom. The number of benzene rings is 1. The number of rotatable bonds is 7. The molecule has 1 aliphatic carbocycles. The summed E-state index contributed by atoms with van der Waals surface area (Å²) in [5, 5.41) is 6.09. The summed E-state index contributed by atoms with van der Waals surface area (Å²) in [6.45, 7) is 2.79. The zero-order valence-corrected chi connectivity index (χ0v) is 15.3. The van der Waals surface area contributed by atoms with Crippen LogP contribution < -0.4 is 10.6 Å². The first-order valence-electron chi connectivity index (χ1n) is 9.38. The zero-order chi connectivity index (χ0) is 18.2. The second-order valence-electron chi connectivity index (χ2n) is 6.58. The minimum atomic E-state index is -0.125. The molecule has 0 saturated carbocycles. The van der Waals surface area contributed by atoms with Crippen LogP contribution >= 0.6 is 0 Å². The fourth-order valence-electron chi connectivity index (χ4n) is 3.03. The molecule has 0 atom stereocenters. The lowest BCUT2D eigenvalue weighted by molar-refractivity contribution is 0.0953. The summed E-state index contributed by atoms with van der Waals surface area (Å²) in [7, 11) is 0. The molecule has 0 fully saturated rings. The molecule has 0 unspecified atom stereocenters. The predicted octanol–water partition coefficient (Wildman–Crippen LogP) is 4.40. The van der Waals surface area contributed by atoms with Crippen molar-refractivity contribution >= 4 is 17.5 Å². The molecule has 5 nitrogen and oxygen atoms in total. The van der Waals surface area contributed by atoms with Crippen molar-refractivity contribution in [3.8, 4) is 0 Å². The van der Waals surface area contributed by atoms with Crippen LogP contribution in [0.1, 0.15) is 54.9 Å². The fraction of sp³-hybridized carbons (Fsp3) is 0.381. The summed E-state index contributed by atoms with van der Waals surface area (Å²) in [5.74, 6) is 0.360. The van der Waals surface area contributed by atoms with E-state index in [1.54, 1.807) is 12.4 Å². The summed E-state index contributed by atoms with van der Waals surface area (Å²) in [4.78, 5) is 20.7. The van der Waals surface area contributed by atoms with E-state index in [0.29, 0.717) is 18.1 Å². The summed E-state index contributed by atoms with van der Waals surface area (Å²) in [5.41, 5.74) is 4.16. The molecule has 0 aliphatic heterocycles. The third-order valence-corrected chi connectivity index (χ3v) is 4.65. The Hall–Kier alpha value is -2.69. The van der Waals surface area contributed by atoms with Gasteiger partial charge in [0.2, 0.25) is 5.95 Å². The number of amides is 1. The van der Waals surface area contributed by atoms with E-state index in [1.165, 1.54) is 36.8 Å². The standard InChI is InChI=1S/C21H26N4O/c1-2-16-8-10-19(11-9-16)25-21-23-14-18(15-24-21)20(26)22-13-12-17-6-4-3-5-7-17/h6,8-11,14-15H,2-5,7,12-13H2,1H3,(H,22,26)(H,23,24,25). The molecular formula is C21H26N4O. The molecular weight excluding hydrogens is 324 g/mol. The minimum absolute atomic E-state index is 0.125. The van der Waals surface area contributed by atoms with Gasteiger partial charge in [0.15, 0.2) is 0 Å². The molecule has 26 heavy (non-hydrogen) atoms. The van der Waals surface area contributed by atoms with Gasteiger partial charge in [-0.05, 0) is 56.2 Å². The summed E-state index contributed by atoms with van der Waals surface area (Å²) < 4.78 is 0. The highest BCUT2D eigenvalue weighted by atomic mass is 16.1. The zero-order valence-electron chi connectivity index (χ0n) is 15.3. The van der Waals surface area contributed by atoms with Gasteiger partial charge in [-0.3, -0.25) is 4.79 Å². The van der Waals surface area contributed by atoms with Crippen LogP contribution in [0.3, 0.4) is 0 Å². The van der Waals surface area contributed by atoms with Gasteiger partial charge in [0, 0.05) is 24.6 Å². The van der Waals surface area contributed by atoms with Crippen molar-refractivity contribution in [1.82, 2.24) is 15.3 Å². The Morgan fingerprint density at radius 3 is 2.54 bits per heavy atom. The van der Waals surface area contributed by atoms with Crippen LogP contribution in [0.5, 0.6) is 0 Å². The number of carbonyl (C=O) groups is 1. The number of nitrogens with one attached hydrogen (secondary N) is 2. The maximum Gasteiger partial charge on any atom is 0.254 e. The lowest BCUT2D eigenvalue weighted by Crippen LogP contribution is -2.25. The Kier molecular flexibility index (Phi) is 6.36. The molecule has 1 aromatic carbocycles. The monoisotopic (exact) mass is 350 g/mol. The third kappa shape index (κ3) is 5.15. The van der Waals surface area contributed by atoms with Crippen molar-refractivity contribution in [3.63, 3.8) is 0 Å². The average molecular weight is 350 g/mol. The van der Waals surface area contributed by atoms with Gasteiger partial charge < -0.3 is 10.6 Å². The molecule has 3 rings (SSSR count). The van der Waals surface area contributed by atoms with E-state index >= 15 is 0 Å². The number of aryl methyl sites for hydroxylation is 1. The third-order valence-electron chi connectivity index (χ3n) is 4.65. The van der Waals surface area contributed by atoms with Gasteiger partial charge >= 0.3 is 0 Å². The fourth-order valence-corrected chi connectivity index (χ4v) is 3.03. The number of carbonyl (C=O) groups excluding carboxylic acids is 1. The topological polar surface area (TPSA) is 66.9 Å². The highest BCUT2D eigenvalue weighted by Crippen LogP contribution is 2.19. The molecule has 0 radical (unpaired) electrons. The van der Waals surface area contributed by atoms with Crippen LogP contribution in [0.2, 0.25) is 0 Å². The summed E-state index contributed by atoms with van der Waals surface area (Å²) >= 11 is 0. The Morgan fingerprint density at radius 2 is 1.88 bits per heavy atom. The van der Waals surface area contributed by atoms with E-state index in [1.807, 2.05) is 12.1 Å². The summed E-state index contributed by atoms with van der Waals surface area (Å²) in [6.07, 6.45) is 12.3. The second-order valence-corrected chi connectivity index (χ2v) is 6.58. The van der Waals surface area contributed by atoms with E-state index in [9.17, 15) is 4.79 Å². The van der Waals surface area contributed by atoms with Gasteiger partial charge in [0.25, 0.3) is 5.91 Å². The van der Waals surface area contributed by atoms with Gasteiger partial charge in [0.05, 0.1) is 5.56 Å². The van der Waals surface area contributed by atoms with Crippen LogP contribution in [0.25, 0.3) is 0 Å².